The van der Waals surface area contributed by atoms with Gasteiger partial charge in [0.15, 0.2) is 0 Å². The van der Waals surface area contributed by atoms with Crippen LogP contribution in [0, 0.1) is 0 Å². The van der Waals surface area contributed by atoms with E-state index in [1.54, 1.807) is 6.07 Å². The monoisotopic (exact) mass is 382 g/mol. The summed E-state index contributed by atoms with van der Waals surface area (Å²) in [5.41, 5.74) is 2.08. The Bertz CT molecular complexity index is 665. The van der Waals surface area contributed by atoms with Gasteiger partial charge in [-0.25, -0.2) is 0 Å². The number of nitrogens with one attached hydrogen (secondary N) is 2. The van der Waals surface area contributed by atoms with E-state index in [9.17, 15) is 4.79 Å². The van der Waals surface area contributed by atoms with Crippen LogP contribution in [0.25, 0.3) is 0 Å². The van der Waals surface area contributed by atoms with Gasteiger partial charge >= 0.3 is 0 Å². The maximum absolute atomic E-state index is 11.8. The van der Waals surface area contributed by atoms with Crippen molar-refractivity contribution in [2.45, 2.75) is 26.0 Å². The lowest BCUT2D eigenvalue weighted by molar-refractivity contribution is -0.121. The molecule has 2 aromatic carbocycles. The lowest BCUT2D eigenvalue weighted by atomic mass is 10.1. The van der Waals surface area contributed by atoms with Crippen LogP contribution in [0.1, 0.15) is 24.0 Å². The fourth-order valence-electron chi connectivity index (χ4n) is 2.30. The molecule has 0 fully saturated rings. The Morgan fingerprint density at radius 3 is 2.48 bits per heavy atom. The van der Waals surface area contributed by atoms with Crippen molar-refractivity contribution in [3.63, 3.8) is 0 Å². The molecule has 136 valence electrons. The van der Waals surface area contributed by atoms with Gasteiger partial charge in [-0.1, -0.05) is 48.0 Å². The topological polar surface area (TPSA) is 50.4 Å². The Hall–Kier alpha value is -1.75. The number of carbonyl (C=O) groups is 1. The van der Waals surface area contributed by atoms with Gasteiger partial charge in [0.1, 0.15) is 12.4 Å². The SMILES string of the molecule is CNCCCC(=O)NCc1ccccc1COc1ccccc1Cl.Cl. The quantitative estimate of drug-likeness (QED) is 0.645. The number of ether oxygens (including phenoxy) is 1. The van der Waals surface area contributed by atoms with E-state index < -0.39 is 0 Å². The Balaban J connectivity index is 0.00000312. The molecule has 0 aromatic heterocycles. The predicted molar refractivity (Wildman–Crippen MR) is 104 cm³/mol. The van der Waals surface area contributed by atoms with E-state index in [-0.39, 0.29) is 18.3 Å². The molecule has 0 atom stereocenters. The van der Waals surface area contributed by atoms with Crippen LogP contribution in [0.4, 0.5) is 0 Å². The van der Waals surface area contributed by atoms with E-state index in [0.717, 1.165) is 24.1 Å². The molecule has 2 N–H and O–H groups in total. The first-order valence-electron chi connectivity index (χ1n) is 8.06. The first kappa shape index (κ1) is 21.3. The molecule has 0 saturated carbocycles. The first-order valence-corrected chi connectivity index (χ1v) is 8.44. The molecule has 0 radical (unpaired) electrons. The van der Waals surface area contributed by atoms with Crippen molar-refractivity contribution in [3.05, 3.63) is 64.7 Å². The van der Waals surface area contributed by atoms with Gasteiger partial charge in [0.25, 0.3) is 0 Å². The molecule has 0 spiro atoms. The molecule has 0 saturated heterocycles. The zero-order chi connectivity index (χ0) is 17.2. The molecule has 6 heteroatoms. The minimum atomic E-state index is 0. The zero-order valence-corrected chi connectivity index (χ0v) is 15.8. The molecule has 2 aromatic rings. The van der Waals surface area contributed by atoms with Gasteiger partial charge in [-0.05, 0) is 43.3 Å². The van der Waals surface area contributed by atoms with Crippen LogP contribution in [0.15, 0.2) is 48.5 Å². The van der Waals surface area contributed by atoms with E-state index in [1.165, 1.54) is 0 Å². The number of hydrogen-bond acceptors (Lipinski definition) is 3. The lowest BCUT2D eigenvalue weighted by Gasteiger charge is -2.13. The summed E-state index contributed by atoms with van der Waals surface area (Å²) in [7, 11) is 1.88. The van der Waals surface area contributed by atoms with Crippen LogP contribution in [-0.4, -0.2) is 19.5 Å². The van der Waals surface area contributed by atoms with Crippen molar-refractivity contribution >= 4 is 29.9 Å². The molecule has 0 aliphatic rings. The summed E-state index contributed by atoms with van der Waals surface area (Å²) in [6, 6.07) is 15.3. The molecule has 0 heterocycles. The van der Waals surface area contributed by atoms with Crippen molar-refractivity contribution in [2.24, 2.45) is 0 Å². The normalized spacial score (nSPS) is 10.0. The summed E-state index contributed by atoms with van der Waals surface area (Å²) >= 11 is 6.11. The molecular weight excluding hydrogens is 359 g/mol. The minimum Gasteiger partial charge on any atom is -0.487 e. The smallest absolute Gasteiger partial charge is 0.220 e. The molecule has 0 aliphatic carbocycles. The summed E-state index contributed by atoms with van der Waals surface area (Å²) < 4.78 is 5.80. The number of hydrogen-bond donors (Lipinski definition) is 2. The van der Waals surface area contributed by atoms with Gasteiger partial charge in [0.05, 0.1) is 5.02 Å². The van der Waals surface area contributed by atoms with Gasteiger partial charge in [-0.15, -0.1) is 12.4 Å². The van der Waals surface area contributed by atoms with Gasteiger partial charge in [0, 0.05) is 13.0 Å². The number of carbonyl (C=O) groups excluding carboxylic acids is 1. The Morgan fingerprint density at radius 1 is 1.08 bits per heavy atom. The van der Waals surface area contributed by atoms with Gasteiger partial charge in [-0.2, -0.15) is 0 Å². The summed E-state index contributed by atoms with van der Waals surface area (Å²) in [4.78, 5) is 11.8. The third kappa shape index (κ3) is 7.34. The van der Waals surface area contributed by atoms with Crippen LogP contribution >= 0.6 is 24.0 Å². The van der Waals surface area contributed by atoms with E-state index in [4.69, 9.17) is 16.3 Å². The zero-order valence-electron chi connectivity index (χ0n) is 14.3. The van der Waals surface area contributed by atoms with Crippen LogP contribution < -0.4 is 15.4 Å². The van der Waals surface area contributed by atoms with Crippen LogP contribution in [0.3, 0.4) is 0 Å². The van der Waals surface area contributed by atoms with Crippen molar-refractivity contribution in [1.29, 1.82) is 0 Å². The van der Waals surface area contributed by atoms with E-state index in [0.29, 0.717) is 30.3 Å². The Morgan fingerprint density at radius 2 is 1.76 bits per heavy atom. The largest absolute Gasteiger partial charge is 0.487 e. The van der Waals surface area contributed by atoms with Crippen molar-refractivity contribution < 1.29 is 9.53 Å². The molecule has 0 aliphatic heterocycles. The van der Waals surface area contributed by atoms with E-state index >= 15 is 0 Å². The second kappa shape index (κ2) is 11.7. The van der Waals surface area contributed by atoms with Crippen molar-refractivity contribution in [1.82, 2.24) is 10.6 Å². The molecule has 4 nitrogen and oxygen atoms in total. The number of rotatable bonds is 9. The second-order valence-electron chi connectivity index (χ2n) is 5.47. The summed E-state index contributed by atoms with van der Waals surface area (Å²) in [5.74, 6) is 0.720. The maximum atomic E-state index is 11.8. The molecule has 2 rings (SSSR count). The first-order chi connectivity index (χ1) is 11.7. The van der Waals surface area contributed by atoms with Crippen molar-refractivity contribution in [3.8, 4) is 5.75 Å². The maximum Gasteiger partial charge on any atom is 0.220 e. The lowest BCUT2D eigenvalue weighted by Crippen LogP contribution is -2.24. The average molecular weight is 383 g/mol. The molecule has 1 amide bonds. The van der Waals surface area contributed by atoms with E-state index in [2.05, 4.69) is 10.6 Å². The standard InChI is InChI=1S/C19H23ClN2O2.ClH/c1-21-12-6-11-19(23)22-13-15-7-2-3-8-16(15)14-24-18-10-5-4-9-17(18)20;/h2-5,7-10,21H,6,11-14H2,1H3,(H,22,23);1H. The average Bonchev–Trinajstić information content (AvgIpc) is 2.60. The van der Waals surface area contributed by atoms with Crippen LogP contribution in [0.2, 0.25) is 5.02 Å². The second-order valence-corrected chi connectivity index (χ2v) is 5.88. The minimum absolute atomic E-state index is 0. The fraction of sp³-hybridized carbons (Fsp3) is 0.316. The highest BCUT2D eigenvalue weighted by Gasteiger charge is 2.07. The molecule has 0 unspecified atom stereocenters. The highest BCUT2D eigenvalue weighted by atomic mass is 35.5. The number of halogens is 2. The number of amides is 1. The van der Waals surface area contributed by atoms with Crippen LogP contribution in [-0.2, 0) is 17.9 Å². The van der Waals surface area contributed by atoms with Gasteiger partial charge in [0.2, 0.25) is 5.91 Å². The molecule has 0 bridgehead atoms. The summed E-state index contributed by atoms with van der Waals surface area (Å²) in [6.07, 6.45) is 1.36. The number of benzene rings is 2. The highest BCUT2D eigenvalue weighted by Crippen LogP contribution is 2.24. The third-order valence-corrected chi connectivity index (χ3v) is 3.96. The molecular formula is C19H24Cl2N2O2. The number of para-hydroxylation sites is 1. The third-order valence-electron chi connectivity index (χ3n) is 3.64. The Kier molecular flexibility index (Phi) is 10.0. The van der Waals surface area contributed by atoms with E-state index in [1.807, 2.05) is 49.5 Å². The predicted octanol–water partition coefficient (Wildman–Crippen LogP) is 3.96. The van der Waals surface area contributed by atoms with Gasteiger partial charge in [-0.3, -0.25) is 4.79 Å². The van der Waals surface area contributed by atoms with Gasteiger partial charge < -0.3 is 15.4 Å². The molecule has 25 heavy (non-hydrogen) atoms. The van der Waals surface area contributed by atoms with Crippen molar-refractivity contribution in [2.75, 3.05) is 13.6 Å². The van der Waals surface area contributed by atoms with Crippen LogP contribution in [0.5, 0.6) is 5.75 Å². The summed E-state index contributed by atoms with van der Waals surface area (Å²) in [5, 5.41) is 6.59. The highest BCUT2D eigenvalue weighted by molar-refractivity contribution is 6.32. The Labute approximate surface area is 160 Å². The summed E-state index contributed by atoms with van der Waals surface area (Å²) in [6.45, 7) is 1.76. The fourth-order valence-corrected chi connectivity index (χ4v) is 2.49.